The minimum atomic E-state index is 0. The number of nitrogens with zero attached hydrogens (tertiary/aromatic N) is 2. The lowest BCUT2D eigenvalue weighted by Crippen LogP contribution is -3.00. The summed E-state index contributed by atoms with van der Waals surface area (Å²) in [6, 6.07) is 9.32. The zero-order valence-corrected chi connectivity index (χ0v) is 28.7. The van der Waals surface area contributed by atoms with Crippen LogP contribution in [0.15, 0.2) is 49.1 Å². The number of halogens is 2. The van der Waals surface area contributed by atoms with Crippen LogP contribution in [0.2, 0.25) is 0 Å². The standard InChI is InChI=1S/C35H60N2.2BrH/c1-3-5-7-9-11-13-15-17-19-28-36-30-24-34(25-31-36)22-21-23-35-26-32-37(33-27-35)29-20-18-16-14-12-10-8-6-4-2;;/h24-27,30-33H,3-23,28-29H2,1-2H3;2*1H/q+2;;/p-2. The van der Waals surface area contributed by atoms with Gasteiger partial charge in [-0.25, -0.2) is 9.13 Å². The Labute approximate surface area is 263 Å². The maximum atomic E-state index is 2.37. The number of unbranched alkanes of at least 4 members (excludes halogenated alkanes) is 16. The molecule has 0 atom stereocenters. The van der Waals surface area contributed by atoms with Gasteiger partial charge in [-0.15, -0.1) is 0 Å². The van der Waals surface area contributed by atoms with Crippen LogP contribution >= 0.6 is 0 Å². The molecule has 4 heteroatoms. The first kappa shape index (κ1) is 38.3. The van der Waals surface area contributed by atoms with Gasteiger partial charge in [0.2, 0.25) is 0 Å². The monoisotopic (exact) mass is 666 g/mol. The summed E-state index contributed by atoms with van der Waals surface area (Å²) in [5.41, 5.74) is 2.94. The molecule has 39 heavy (non-hydrogen) atoms. The minimum Gasteiger partial charge on any atom is -1.00 e. The summed E-state index contributed by atoms with van der Waals surface area (Å²) >= 11 is 0. The van der Waals surface area contributed by atoms with Crippen molar-refractivity contribution in [3.63, 3.8) is 0 Å². The predicted molar refractivity (Wildman–Crippen MR) is 160 cm³/mol. The molecule has 0 saturated carbocycles. The quantitative estimate of drug-likeness (QED) is 0.120. The summed E-state index contributed by atoms with van der Waals surface area (Å²) in [5, 5.41) is 0. The van der Waals surface area contributed by atoms with E-state index in [0.29, 0.717) is 0 Å². The molecule has 2 nitrogen and oxygen atoms in total. The first-order chi connectivity index (χ1) is 18.3. The van der Waals surface area contributed by atoms with Crippen LogP contribution in [0, 0.1) is 0 Å². The van der Waals surface area contributed by atoms with Gasteiger partial charge in [0, 0.05) is 37.1 Å². The molecular weight excluding hydrogens is 608 g/mol. The topological polar surface area (TPSA) is 7.76 Å². The highest BCUT2D eigenvalue weighted by Crippen LogP contribution is 2.11. The maximum Gasteiger partial charge on any atom is 0.169 e. The Kier molecular flexibility index (Phi) is 26.9. The van der Waals surface area contributed by atoms with E-state index < -0.39 is 0 Å². The van der Waals surface area contributed by atoms with E-state index in [2.05, 4.69) is 72.0 Å². The van der Waals surface area contributed by atoms with Gasteiger partial charge in [-0.3, -0.25) is 0 Å². The van der Waals surface area contributed by atoms with E-state index in [9.17, 15) is 0 Å². The Balaban J connectivity index is 0.00000722. The molecule has 2 aromatic heterocycles. The van der Waals surface area contributed by atoms with E-state index in [1.165, 1.54) is 159 Å². The van der Waals surface area contributed by atoms with Crippen LogP contribution in [-0.2, 0) is 25.9 Å². The summed E-state index contributed by atoms with van der Waals surface area (Å²) in [7, 11) is 0. The van der Waals surface area contributed by atoms with Gasteiger partial charge >= 0.3 is 0 Å². The molecule has 2 rings (SSSR count). The Bertz CT molecular complexity index is 696. The third-order valence-corrected chi connectivity index (χ3v) is 7.89. The summed E-state index contributed by atoms with van der Waals surface area (Å²) in [5.74, 6) is 0. The third-order valence-electron chi connectivity index (χ3n) is 7.89. The fourth-order valence-corrected chi connectivity index (χ4v) is 5.31. The number of aryl methyl sites for hydroxylation is 4. The predicted octanol–water partition coefficient (Wildman–Crippen LogP) is 3.51. The van der Waals surface area contributed by atoms with Crippen molar-refractivity contribution < 1.29 is 43.1 Å². The molecule has 0 aromatic carbocycles. The fourth-order valence-electron chi connectivity index (χ4n) is 5.31. The van der Waals surface area contributed by atoms with Crippen molar-refractivity contribution >= 4 is 0 Å². The lowest BCUT2D eigenvalue weighted by atomic mass is 10.1. The van der Waals surface area contributed by atoms with Crippen LogP contribution in [0.25, 0.3) is 0 Å². The molecule has 224 valence electrons. The lowest BCUT2D eigenvalue weighted by Gasteiger charge is -2.04. The molecule has 0 N–H and O–H groups in total. The van der Waals surface area contributed by atoms with Gasteiger partial charge < -0.3 is 34.0 Å². The molecule has 0 bridgehead atoms. The molecule has 0 radical (unpaired) electrons. The van der Waals surface area contributed by atoms with Crippen LogP contribution in [0.1, 0.15) is 147 Å². The Hall–Kier alpha value is -0.740. The average Bonchev–Trinajstić information content (AvgIpc) is 2.93. The Morgan fingerprint density at radius 3 is 0.974 bits per heavy atom. The number of pyridine rings is 2. The molecule has 0 fully saturated rings. The van der Waals surface area contributed by atoms with Gasteiger partial charge in [-0.1, -0.05) is 104 Å². The number of rotatable bonds is 24. The van der Waals surface area contributed by atoms with Crippen LogP contribution in [-0.4, -0.2) is 0 Å². The van der Waals surface area contributed by atoms with Crippen LogP contribution in [0.5, 0.6) is 0 Å². The smallest absolute Gasteiger partial charge is 0.169 e. The third kappa shape index (κ3) is 20.7. The fraction of sp³-hybridized carbons (Fsp3) is 0.714. The molecule has 0 spiro atoms. The average molecular weight is 669 g/mol. The highest BCUT2D eigenvalue weighted by Gasteiger charge is 2.04. The van der Waals surface area contributed by atoms with Crippen LogP contribution in [0.4, 0.5) is 0 Å². The molecule has 0 aliphatic rings. The summed E-state index contributed by atoms with van der Waals surface area (Å²) in [6.07, 6.45) is 37.9. The molecule has 0 unspecified atom stereocenters. The molecule has 0 aliphatic carbocycles. The van der Waals surface area contributed by atoms with E-state index in [4.69, 9.17) is 0 Å². The second-order valence-corrected chi connectivity index (χ2v) is 11.4. The summed E-state index contributed by atoms with van der Waals surface area (Å²) < 4.78 is 4.74. The zero-order chi connectivity index (χ0) is 26.2. The van der Waals surface area contributed by atoms with Crippen molar-refractivity contribution in [3.8, 4) is 0 Å². The van der Waals surface area contributed by atoms with Gasteiger partial charge in [0.15, 0.2) is 24.8 Å². The molecule has 0 amide bonds. The Morgan fingerprint density at radius 1 is 0.385 bits per heavy atom. The van der Waals surface area contributed by atoms with Gasteiger partial charge in [0.05, 0.1) is 0 Å². The van der Waals surface area contributed by atoms with Crippen LogP contribution < -0.4 is 43.1 Å². The summed E-state index contributed by atoms with van der Waals surface area (Å²) in [4.78, 5) is 0. The molecule has 2 aromatic rings. The van der Waals surface area contributed by atoms with Gasteiger partial charge in [-0.2, -0.15) is 0 Å². The number of aromatic nitrogens is 2. The van der Waals surface area contributed by atoms with Gasteiger partial charge in [-0.05, 0) is 43.2 Å². The maximum absolute atomic E-state index is 2.37. The molecule has 0 aliphatic heterocycles. The van der Waals surface area contributed by atoms with Crippen molar-refractivity contribution in [1.29, 1.82) is 0 Å². The summed E-state index contributed by atoms with van der Waals surface area (Å²) in [6.45, 7) is 6.92. The largest absolute Gasteiger partial charge is 1.00 e. The number of hydrogen-bond acceptors (Lipinski definition) is 0. The van der Waals surface area contributed by atoms with E-state index >= 15 is 0 Å². The minimum absolute atomic E-state index is 0. The van der Waals surface area contributed by atoms with Crippen molar-refractivity contribution in [1.82, 2.24) is 0 Å². The van der Waals surface area contributed by atoms with Gasteiger partial charge in [0.1, 0.15) is 13.1 Å². The van der Waals surface area contributed by atoms with Crippen molar-refractivity contribution in [2.45, 2.75) is 162 Å². The normalized spacial score (nSPS) is 10.7. The van der Waals surface area contributed by atoms with Gasteiger partial charge in [0.25, 0.3) is 0 Å². The molecule has 2 heterocycles. The van der Waals surface area contributed by atoms with Crippen molar-refractivity contribution in [2.75, 3.05) is 0 Å². The van der Waals surface area contributed by atoms with E-state index in [0.717, 1.165) is 0 Å². The highest BCUT2D eigenvalue weighted by atomic mass is 79.9. The van der Waals surface area contributed by atoms with Crippen molar-refractivity contribution in [3.05, 3.63) is 60.2 Å². The molecular formula is C35H60Br2N2. The van der Waals surface area contributed by atoms with E-state index in [-0.39, 0.29) is 34.0 Å². The lowest BCUT2D eigenvalue weighted by molar-refractivity contribution is -0.697. The Morgan fingerprint density at radius 2 is 0.667 bits per heavy atom. The van der Waals surface area contributed by atoms with E-state index in [1.807, 2.05) is 0 Å². The highest BCUT2D eigenvalue weighted by molar-refractivity contribution is 5.10. The zero-order valence-electron chi connectivity index (χ0n) is 25.5. The second-order valence-electron chi connectivity index (χ2n) is 11.4. The van der Waals surface area contributed by atoms with Crippen molar-refractivity contribution in [2.24, 2.45) is 0 Å². The SMILES string of the molecule is CCCCCCCCCCC[n+]1ccc(CCCc2cc[n+](CCCCCCCCCCC)cc2)cc1.[Br-].[Br-]. The van der Waals surface area contributed by atoms with Crippen LogP contribution in [0.3, 0.4) is 0 Å². The first-order valence-corrected chi connectivity index (χ1v) is 16.3. The first-order valence-electron chi connectivity index (χ1n) is 16.3. The number of hydrogen-bond donors (Lipinski definition) is 0. The van der Waals surface area contributed by atoms with E-state index in [1.54, 1.807) is 0 Å². The molecule has 0 saturated heterocycles. The second kappa shape index (κ2) is 27.4.